The van der Waals surface area contributed by atoms with E-state index in [0.717, 1.165) is 12.1 Å². The summed E-state index contributed by atoms with van der Waals surface area (Å²) in [6, 6.07) is 8.91. The molecule has 0 atom stereocenters. The number of benzene rings is 1. The summed E-state index contributed by atoms with van der Waals surface area (Å²) >= 11 is 6.21. The number of halogens is 1. The van der Waals surface area contributed by atoms with Crippen molar-refractivity contribution in [2.75, 3.05) is 24.2 Å². The molecule has 0 aliphatic rings. The third-order valence-electron chi connectivity index (χ3n) is 3.16. The Labute approximate surface area is 128 Å². The number of nitrogens with two attached hydrogens (primary N) is 2. The molecule has 1 amide bonds. The molecule has 0 aliphatic heterocycles. The van der Waals surface area contributed by atoms with E-state index >= 15 is 0 Å². The molecular formula is C15H17ClN4O. The van der Waals surface area contributed by atoms with Gasteiger partial charge in [-0.15, -0.1) is 0 Å². The van der Waals surface area contributed by atoms with Gasteiger partial charge in [-0.25, -0.2) is 0 Å². The van der Waals surface area contributed by atoms with Gasteiger partial charge >= 0.3 is 0 Å². The van der Waals surface area contributed by atoms with Crippen LogP contribution in [0.25, 0.3) is 0 Å². The molecule has 6 heteroatoms. The Morgan fingerprint density at radius 3 is 2.76 bits per heavy atom. The van der Waals surface area contributed by atoms with Crippen molar-refractivity contribution in [1.29, 1.82) is 0 Å². The number of amides is 1. The van der Waals surface area contributed by atoms with Crippen molar-refractivity contribution < 1.29 is 4.79 Å². The van der Waals surface area contributed by atoms with Crippen molar-refractivity contribution in [1.82, 2.24) is 4.98 Å². The Bertz CT molecular complexity index is 646. The number of nitrogen functional groups attached to an aromatic ring is 1. The molecule has 0 fully saturated rings. The average molecular weight is 305 g/mol. The molecule has 1 heterocycles. The second-order valence-corrected chi connectivity index (χ2v) is 5.16. The second kappa shape index (κ2) is 6.45. The van der Waals surface area contributed by atoms with Gasteiger partial charge in [-0.3, -0.25) is 9.78 Å². The number of nitrogens with zero attached hydrogens (tertiary/aromatic N) is 2. The van der Waals surface area contributed by atoms with Crippen molar-refractivity contribution in [3.8, 4) is 0 Å². The third kappa shape index (κ3) is 3.64. The van der Waals surface area contributed by atoms with Crippen molar-refractivity contribution >= 4 is 28.9 Å². The molecule has 1 aromatic heterocycles. The van der Waals surface area contributed by atoms with Gasteiger partial charge in [0.15, 0.2) is 0 Å². The summed E-state index contributed by atoms with van der Waals surface area (Å²) in [6.45, 7) is 0.654. The smallest absolute Gasteiger partial charge is 0.250 e. The quantitative estimate of drug-likeness (QED) is 0.828. The van der Waals surface area contributed by atoms with Crippen LogP contribution in [0.5, 0.6) is 0 Å². The first kappa shape index (κ1) is 15.1. The van der Waals surface area contributed by atoms with Gasteiger partial charge in [-0.1, -0.05) is 17.7 Å². The monoisotopic (exact) mass is 304 g/mol. The number of carbonyl (C=O) groups is 1. The van der Waals surface area contributed by atoms with Gasteiger partial charge in [-0.05, 0) is 24.3 Å². The molecule has 0 bridgehead atoms. The lowest BCUT2D eigenvalue weighted by molar-refractivity contribution is 0.100. The minimum Gasteiger partial charge on any atom is -0.399 e. The van der Waals surface area contributed by atoms with Crippen molar-refractivity contribution in [2.45, 2.75) is 6.42 Å². The molecule has 4 N–H and O–H groups in total. The number of likely N-dealkylation sites (N-methyl/N-ethyl adjacent to an activating group) is 1. The molecular weight excluding hydrogens is 288 g/mol. The molecule has 21 heavy (non-hydrogen) atoms. The predicted octanol–water partition coefficient (Wildman–Crippen LogP) is 2.10. The molecule has 1 aromatic carbocycles. The number of aromatic nitrogens is 1. The van der Waals surface area contributed by atoms with Crippen LogP contribution in [0.4, 0.5) is 11.4 Å². The van der Waals surface area contributed by atoms with Crippen LogP contribution < -0.4 is 16.4 Å². The number of hydrogen-bond donors (Lipinski definition) is 2. The zero-order valence-corrected chi connectivity index (χ0v) is 12.5. The van der Waals surface area contributed by atoms with Crippen LogP contribution in [0.3, 0.4) is 0 Å². The van der Waals surface area contributed by atoms with E-state index in [0.29, 0.717) is 28.5 Å². The first-order valence-electron chi connectivity index (χ1n) is 6.49. The molecule has 5 nitrogen and oxygen atoms in total. The van der Waals surface area contributed by atoms with Gasteiger partial charge < -0.3 is 16.4 Å². The third-order valence-corrected chi connectivity index (χ3v) is 3.45. The zero-order chi connectivity index (χ0) is 15.4. The summed E-state index contributed by atoms with van der Waals surface area (Å²) in [7, 11) is 1.85. The zero-order valence-electron chi connectivity index (χ0n) is 11.7. The normalized spacial score (nSPS) is 10.4. The highest BCUT2D eigenvalue weighted by atomic mass is 35.5. The van der Waals surface area contributed by atoms with Gasteiger partial charge in [0.1, 0.15) is 0 Å². The molecule has 2 rings (SSSR count). The summed E-state index contributed by atoms with van der Waals surface area (Å²) in [4.78, 5) is 17.7. The van der Waals surface area contributed by atoms with Gasteiger partial charge in [0.05, 0.1) is 16.3 Å². The maximum Gasteiger partial charge on any atom is 0.250 e. The van der Waals surface area contributed by atoms with E-state index in [1.807, 2.05) is 30.1 Å². The molecule has 0 spiro atoms. The topological polar surface area (TPSA) is 85.2 Å². The summed E-state index contributed by atoms with van der Waals surface area (Å²) in [6.07, 6.45) is 2.48. The predicted molar refractivity (Wildman–Crippen MR) is 85.6 cm³/mol. The van der Waals surface area contributed by atoms with E-state index in [9.17, 15) is 4.79 Å². The first-order valence-corrected chi connectivity index (χ1v) is 6.86. The van der Waals surface area contributed by atoms with Crippen molar-refractivity contribution in [2.24, 2.45) is 5.73 Å². The molecule has 0 saturated heterocycles. The van der Waals surface area contributed by atoms with Crippen molar-refractivity contribution in [3.05, 3.63) is 52.8 Å². The number of hydrogen-bond acceptors (Lipinski definition) is 4. The number of rotatable bonds is 5. The van der Waals surface area contributed by atoms with Crippen LogP contribution in [0.15, 0.2) is 36.5 Å². The fourth-order valence-corrected chi connectivity index (χ4v) is 2.51. The number of primary amides is 1. The summed E-state index contributed by atoms with van der Waals surface area (Å²) in [5, 5.41) is 0.410. The number of carbonyl (C=O) groups excluding carboxylic acids is 1. The van der Waals surface area contributed by atoms with Crippen LogP contribution in [0.1, 0.15) is 16.1 Å². The lowest BCUT2D eigenvalue weighted by Gasteiger charge is -2.23. The minimum absolute atomic E-state index is 0.323. The molecule has 2 aromatic rings. The van der Waals surface area contributed by atoms with E-state index in [-0.39, 0.29) is 0 Å². The van der Waals surface area contributed by atoms with Crippen LogP contribution >= 0.6 is 11.6 Å². The van der Waals surface area contributed by atoms with Crippen LogP contribution in [-0.4, -0.2) is 24.5 Å². The highest BCUT2D eigenvalue weighted by molar-refractivity contribution is 6.34. The average Bonchev–Trinajstić information content (AvgIpc) is 2.45. The lowest BCUT2D eigenvalue weighted by Crippen LogP contribution is -2.25. The lowest BCUT2D eigenvalue weighted by atomic mass is 10.1. The highest BCUT2D eigenvalue weighted by Crippen LogP contribution is 2.31. The molecule has 110 valence electrons. The Balaban J connectivity index is 2.22. The molecule has 0 unspecified atom stereocenters. The second-order valence-electron chi connectivity index (χ2n) is 4.76. The van der Waals surface area contributed by atoms with E-state index in [2.05, 4.69) is 4.98 Å². The summed E-state index contributed by atoms with van der Waals surface area (Å²) < 4.78 is 0. The summed E-state index contributed by atoms with van der Waals surface area (Å²) in [5.41, 5.74) is 13.4. The largest absolute Gasteiger partial charge is 0.399 e. The Morgan fingerprint density at radius 2 is 2.14 bits per heavy atom. The van der Waals surface area contributed by atoms with Crippen molar-refractivity contribution in [3.63, 3.8) is 0 Å². The number of pyridine rings is 1. The maximum absolute atomic E-state index is 11.6. The molecule has 0 radical (unpaired) electrons. The van der Waals surface area contributed by atoms with Gasteiger partial charge in [0.2, 0.25) is 0 Å². The highest BCUT2D eigenvalue weighted by Gasteiger charge is 2.17. The van der Waals surface area contributed by atoms with Crippen LogP contribution in [0.2, 0.25) is 5.02 Å². The number of anilines is 2. The maximum atomic E-state index is 11.6. The van der Waals surface area contributed by atoms with E-state index < -0.39 is 5.91 Å². The minimum atomic E-state index is -0.552. The summed E-state index contributed by atoms with van der Waals surface area (Å²) in [5.74, 6) is -0.552. The van der Waals surface area contributed by atoms with E-state index in [4.69, 9.17) is 23.1 Å². The molecule has 0 saturated carbocycles. The van der Waals surface area contributed by atoms with Gasteiger partial charge in [0, 0.05) is 37.6 Å². The van der Waals surface area contributed by atoms with E-state index in [1.54, 1.807) is 18.3 Å². The van der Waals surface area contributed by atoms with Gasteiger partial charge in [-0.2, -0.15) is 0 Å². The van der Waals surface area contributed by atoms with Crippen LogP contribution in [-0.2, 0) is 6.42 Å². The van der Waals surface area contributed by atoms with E-state index in [1.165, 1.54) is 0 Å². The Morgan fingerprint density at radius 1 is 1.38 bits per heavy atom. The van der Waals surface area contributed by atoms with Crippen LogP contribution in [0, 0.1) is 0 Å². The Kier molecular flexibility index (Phi) is 4.65. The molecule has 0 aliphatic carbocycles. The Hall–Kier alpha value is -2.27. The van der Waals surface area contributed by atoms with Gasteiger partial charge in [0.25, 0.3) is 5.91 Å². The SMILES string of the molecule is CN(CCc1ccccn1)c1c(Cl)cc(N)cc1C(N)=O. The first-order chi connectivity index (χ1) is 9.99. The standard InChI is InChI=1S/C15H17ClN4O/c1-20(7-5-11-4-2-3-6-19-11)14-12(15(18)21)8-10(17)9-13(14)16/h2-4,6,8-9H,5,7,17H2,1H3,(H2,18,21). The fraction of sp³-hybridized carbons (Fsp3) is 0.200. The fourth-order valence-electron chi connectivity index (χ4n) is 2.14.